The predicted molar refractivity (Wildman–Crippen MR) is 118 cm³/mol. The van der Waals surface area contributed by atoms with E-state index in [1.165, 1.54) is 21.9 Å². The molecule has 2 N–H and O–H groups in total. The summed E-state index contributed by atoms with van der Waals surface area (Å²) in [5, 5.41) is 8.92. The Morgan fingerprint density at radius 2 is 2.09 bits per heavy atom. The monoisotopic (exact) mass is 460 g/mol. The van der Waals surface area contributed by atoms with Gasteiger partial charge in [0.1, 0.15) is 0 Å². The van der Waals surface area contributed by atoms with E-state index in [2.05, 4.69) is 42.6 Å². The molecule has 0 bridgehead atoms. The number of fused-ring (bicyclic) bond motifs is 1. The van der Waals surface area contributed by atoms with Crippen molar-refractivity contribution in [3.05, 3.63) is 23.5 Å². The Hall–Kier alpha value is -2.79. The maximum atomic E-state index is 12.7. The summed E-state index contributed by atoms with van der Waals surface area (Å²) in [5.74, 6) is 11.0. The first-order valence-corrected chi connectivity index (χ1v) is 12.1. The molecule has 1 fully saturated rings. The fourth-order valence-electron chi connectivity index (χ4n) is 3.98. The van der Waals surface area contributed by atoms with Crippen molar-refractivity contribution in [1.82, 2.24) is 19.8 Å². The fraction of sp³-hybridized carbons (Fsp3) is 0.545. The van der Waals surface area contributed by atoms with Gasteiger partial charge in [0, 0.05) is 42.2 Å². The molecule has 172 valence electrons. The van der Waals surface area contributed by atoms with Gasteiger partial charge in [0.2, 0.25) is 0 Å². The summed E-state index contributed by atoms with van der Waals surface area (Å²) in [6.07, 6.45) is 3.43. The topological polar surface area (TPSA) is 112 Å². The number of likely N-dealkylation sites (tertiary alicyclic amines) is 1. The van der Waals surface area contributed by atoms with Gasteiger partial charge in [0.25, 0.3) is 5.91 Å². The lowest BCUT2D eigenvalue weighted by molar-refractivity contribution is -0.131. The number of rotatable bonds is 5. The first kappa shape index (κ1) is 23.9. The molecule has 2 amide bonds. The van der Waals surface area contributed by atoms with Crippen LogP contribution in [0.15, 0.2) is 12.3 Å². The van der Waals surface area contributed by atoms with Gasteiger partial charge in [-0.1, -0.05) is 11.8 Å². The summed E-state index contributed by atoms with van der Waals surface area (Å²) in [6.45, 7) is 5.62. The molecule has 0 aliphatic carbocycles. The van der Waals surface area contributed by atoms with E-state index in [0.717, 1.165) is 31.5 Å². The number of hydroxylamine groups is 1. The van der Waals surface area contributed by atoms with Gasteiger partial charge >= 0.3 is 6.03 Å². The van der Waals surface area contributed by atoms with Gasteiger partial charge in [-0.25, -0.2) is 18.7 Å². The second kappa shape index (κ2) is 8.62. The molecule has 0 spiro atoms. The van der Waals surface area contributed by atoms with Crippen LogP contribution in [-0.2, 0) is 21.2 Å². The van der Waals surface area contributed by atoms with E-state index in [1.807, 2.05) is 0 Å². The number of sulfone groups is 1. The van der Waals surface area contributed by atoms with E-state index in [0.29, 0.717) is 5.56 Å². The minimum Gasteiger partial charge on any atom is -0.318 e. The maximum absolute atomic E-state index is 12.7. The number of nitrogens with one attached hydrogen (secondary N) is 1. The normalized spacial score (nSPS) is 22.4. The quantitative estimate of drug-likeness (QED) is 0.380. The molecule has 2 aliphatic rings. The lowest BCUT2D eigenvalue weighted by Gasteiger charge is -2.27. The van der Waals surface area contributed by atoms with E-state index in [4.69, 9.17) is 5.21 Å². The second-order valence-electron chi connectivity index (χ2n) is 9.04. The van der Waals surface area contributed by atoms with Crippen LogP contribution in [0.5, 0.6) is 0 Å². The molecule has 0 radical (unpaired) electrons. The lowest BCUT2D eigenvalue weighted by atomic mass is 9.91. The van der Waals surface area contributed by atoms with Crippen LogP contribution in [0.4, 0.5) is 4.79 Å². The summed E-state index contributed by atoms with van der Waals surface area (Å²) in [7, 11) is -1.75. The molecule has 0 saturated carbocycles. The Morgan fingerprint density at radius 1 is 1.38 bits per heavy atom. The third-order valence-corrected chi connectivity index (χ3v) is 8.31. The van der Waals surface area contributed by atoms with Gasteiger partial charge in [-0.15, -0.1) is 0 Å². The zero-order chi connectivity index (χ0) is 23.7. The van der Waals surface area contributed by atoms with Crippen LogP contribution in [0.2, 0.25) is 0 Å². The van der Waals surface area contributed by atoms with Gasteiger partial charge in [-0.2, -0.15) is 0 Å². The summed E-state index contributed by atoms with van der Waals surface area (Å²) >= 11 is 0. The number of hydrogen-bond acceptors (Lipinski definition) is 6. The Balaban J connectivity index is 1.65. The number of nitrogens with zero attached hydrogens (tertiary/aromatic N) is 3. The largest absolute Gasteiger partial charge is 0.328 e. The molecule has 32 heavy (non-hydrogen) atoms. The van der Waals surface area contributed by atoms with Gasteiger partial charge in [0.05, 0.1) is 6.54 Å². The Labute approximate surface area is 188 Å². The molecular weight excluding hydrogens is 432 g/mol. The van der Waals surface area contributed by atoms with Gasteiger partial charge in [-0.3, -0.25) is 14.6 Å². The molecule has 1 saturated heterocycles. The number of aromatic nitrogens is 1. The number of carbonyl (C=O) groups is 2. The minimum atomic E-state index is -3.82. The minimum absolute atomic E-state index is 0.0387. The van der Waals surface area contributed by atoms with Gasteiger partial charge in [-0.05, 0) is 58.2 Å². The van der Waals surface area contributed by atoms with Crippen LogP contribution in [-0.4, -0.2) is 77.6 Å². The average molecular weight is 461 g/mol. The maximum Gasteiger partial charge on any atom is 0.328 e. The lowest BCUT2D eigenvalue weighted by Crippen LogP contribution is -2.50. The Kier molecular flexibility index (Phi) is 6.43. The van der Waals surface area contributed by atoms with Crippen molar-refractivity contribution in [3.63, 3.8) is 0 Å². The van der Waals surface area contributed by atoms with Crippen LogP contribution in [0.1, 0.15) is 37.9 Å². The highest BCUT2D eigenvalue weighted by Crippen LogP contribution is 2.28. The average Bonchev–Trinajstić information content (AvgIpc) is 3.36. The van der Waals surface area contributed by atoms with Crippen LogP contribution >= 0.6 is 0 Å². The number of amides is 2. The molecule has 1 unspecified atom stereocenters. The third kappa shape index (κ3) is 4.68. The SMILES string of the molecule is CN1CCC(C)(C#CC#Cc2cc3n(c2)C(=O)N(CC[C@](C)(C(=O)NO)S(C)(=O)=O)C3)C1. The van der Waals surface area contributed by atoms with Crippen molar-refractivity contribution in [2.45, 2.75) is 38.0 Å². The molecule has 1 aromatic heterocycles. The van der Waals surface area contributed by atoms with Gasteiger partial charge < -0.3 is 9.80 Å². The van der Waals surface area contributed by atoms with E-state index in [9.17, 15) is 18.0 Å². The highest BCUT2D eigenvalue weighted by molar-refractivity contribution is 7.92. The highest BCUT2D eigenvalue weighted by atomic mass is 32.2. The van der Waals surface area contributed by atoms with Crippen LogP contribution in [0.25, 0.3) is 0 Å². The van der Waals surface area contributed by atoms with Crippen LogP contribution in [0.3, 0.4) is 0 Å². The first-order chi connectivity index (χ1) is 14.9. The van der Waals surface area contributed by atoms with Crippen molar-refractivity contribution in [3.8, 4) is 23.7 Å². The molecule has 3 rings (SSSR count). The van der Waals surface area contributed by atoms with Crippen molar-refractivity contribution in [2.24, 2.45) is 5.41 Å². The van der Waals surface area contributed by atoms with Crippen LogP contribution in [0, 0.1) is 29.1 Å². The summed E-state index contributed by atoms with van der Waals surface area (Å²) < 4.78 is 23.8. The number of hydrogen-bond donors (Lipinski definition) is 2. The zero-order valence-electron chi connectivity index (χ0n) is 18.7. The summed E-state index contributed by atoms with van der Waals surface area (Å²) in [5.41, 5.74) is 2.77. The summed E-state index contributed by atoms with van der Waals surface area (Å²) in [6, 6.07) is 1.48. The van der Waals surface area contributed by atoms with E-state index in [-0.39, 0.29) is 31.0 Å². The van der Waals surface area contributed by atoms with Crippen LogP contribution < -0.4 is 5.48 Å². The standard InChI is InChI=1S/C22H28N4O5S/c1-21(9-11-24(3)16-21)8-6-5-7-17-13-18-15-25(20(28)26(18)14-17)12-10-22(2,19(27)23-29)32(4,30)31/h13-14,29H,9-12,15-16H2,1-4H3,(H,23,27)/t21?,22-/m1/s1. The molecule has 2 atom stereocenters. The molecule has 1 aromatic rings. The fourth-order valence-corrected chi connectivity index (χ4v) is 4.82. The predicted octanol–water partition coefficient (Wildman–Crippen LogP) is 0.667. The zero-order valence-corrected chi connectivity index (χ0v) is 19.5. The Morgan fingerprint density at radius 3 is 2.66 bits per heavy atom. The summed E-state index contributed by atoms with van der Waals surface area (Å²) in [4.78, 5) is 28.3. The van der Waals surface area contributed by atoms with Gasteiger partial charge in [0.15, 0.2) is 14.6 Å². The molecule has 3 heterocycles. The highest BCUT2D eigenvalue weighted by Gasteiger charge is 2.44. The molecule has 2 aliphatic heterocycles. The van der Waals surface area contributed by atoms with E-state index < -0.39 is 20.5 Å². The second-order valence-corrected chi connectivity index (χ2v) is 11.5. The first-order valence-electron chi connectivity index (χ1n) is 10.2. The van der Waals surface area contributed by atoms with E-state index in [1.54, 1.807) is 12.3 Å². The molecular formula is C22H28N4O5S. The smallest absolute Gasteiger partial charge is 0.318 e. The van der Waals surface area contributed by atoms with Crippen molar-refractivity contribution in [2.75, 3.05) is 32.9 Å². The Bertz CT molecular complexity index is 1170. The van der Waals surface area contributed by atoms with Crippen molar-refractivity contribution >= 4 is 21.8 Å². The van der Waals surface area contributed by atoms with Crippen molar-refractivity contribution in [1.29, 1.82) is 0 Å². The molecule has 9 nitrogen and oxygen atoms in total. The third-order valence-electron chi connectivity index (χ3n) is 6.29. The van der Waals surface area contributed by atoms with Crippen molar-refractivity contribution < 1.29 is 23.2 Å². The molecule has 0 aromatic carbocycles. The number of carbonyl (C=O) groups excluding carboxylic acids is 2. The van der Waals surface area contributed by atoms with E-state index >= 15 is 0 Å². The molecule has 10 heteroatoms.